The molecule has 0 radical (unpaired) electrons. The average molecular weight is 549 g/mol. The lowest BCUT2D eigenvalue weighted by Gasteiger charge is -2.58. The Morgan fingerprint density at radius 2 is 1.33 bits per heavy atom. The predicted molar refractivity (Wildman–Crippen MR) is 155 cm³/mol. The minimum absolute atomic E-state index is 0.135. The van der Waals surface area contributed by atoms with Crippen molar-refractivity contribution in [1.29, 1.82) is 0 Å². The van der Waals surface area contributed by atoms with Gasteiger partial charge in [0, 0.05) is 0 Å². The summed E-state index contributed by atoms with van der Waals surface area (Å²) in [5, 5.41) is 28.9. The number of carbonyl (C=O) groups is 3. The summed E-state index contributed by atoms with van der Waals surface area (Å²) in [5.74, 6) is -0.0370. The van der Waals surface area contributed by atoms with Crippen LogP contribution in [-0.2, 0) is 14.4 Å². The van der Waals surface area contributed by atoms with Crippen molar-refractivity contribution in [1.82, 2.24) is 0 Å². The van der Waals surface area contributed by atoms with Gasteiger partial charge in [-0.3, -0.25) is 14.4 Å². The van der Waals surface area contributed by atoms with E-state index in [1.165, 1.54) is 0 Å². The maximum atomic E-state index is 11.9. The Labute approximate surface area is 237 Å². The second kappa shape index (κ2) is 12.8. The molecule has 224 valence electrons. The summed E-state index contributed by atoms with van der Waals surface area (Å²) in [4.78, 5) is 35.1. The van der Waals surface area contributed by atoms with Gasteiger partial charge < -0.3 is 15.3 Å². The highest BCUT2D eigenvalue weighted by Gasteiger charge is 2.54. The van der Waals surface area contributed by atoms with E-state index >= 15 is 0 Å². The lowest BCUT2D eigenvalue weighted by atomic mass is 9.46. The van der Waals surface area contributed by atoms with Gasteiger partial charge in [0.2, 0.25) is 0 Å². The van der Waals surface area contributed by atoms with E-state index in [1.807, 2.05) is 20.8 Å². The number of aliphatic carboxylic acids is 3. The maximum Gasteiger partial charge on any atom is 0.306 e. The van der Waals surface area contributed by atoms with Gasteiger partial charge in [0.15, 0.2) is 0 Å². The van der Waals surface area contributed by atoms with Crippen LogP contribution in [0.1, 0.15) is 101 Å². The molecule has 1 fully saturated rings. The van der Waals surface area contributed by atoms with Crippen molar-refractivity contribution in [2.24, 2.45) is 75.9 Å². The second-order valence-electron chi connectivity index (χ2n) is 15.2. The summed E-state index contributed by atoms with van der Waals surface area (Å²) >= 11 is 0. The fourth-order valence-corrected chi connectivity index (χ4v) is 9.13. The van der Waals surface area contributed by atoms with Crippen molar-refractivity contribution >= 4 is 17.9 Å². The zero-order valence-electron chi connectivity index (χ0n) is 26.1. The van der Waals surface area contributed by atoms with E-state index < -0.39 is 29.7 Å². The Morgan fingerprint density at radius 3 is 1.85 bits per heavy atom. The number of hydrogen-bond acceptors (Lipinski definition) is 3. The van der Waals surface area contributed by atoms with Crippen molar-refractivity contribution in [3.8, 4) is 0 Å². The number of carboxylic acids is 3. The van der Waals surface area contributed by atoms with Gasteiger partial charge in [-0.05, 0) is 89.8 Å². The summed E-state index contributed by atoms with van der Waals surface area (Å²) < 4.78 is 0. The molecule has 0 bridgehead atoms. The van der Waals surface area contributed by atoms with Crippen LogP contribution in [0.3, 0.4) is 0 Å². The standard InChI is InChI=1S/C33H56O6/c1-18-11-12-24(16-32(7,8)15-21(4)31(38)39)29-23(6)25(13-19(2)30(36)37)22(5)27(28(18)29)20(3)14-33(9,10)17-26(34)35/h11-12,18-25,27-29H,13-17H2,1-10H3,(H,34,35)(H,36,37)(H,38,39). The minimum atomic E-state index is -0.768. The molecule has 0 saturated heterocycles. The largest absolute Gasteiger partial charge is 0.481 e. The molecule has 0 aromatic carbocycles. The molecule has 0 amide bonds. The molecule has 6 nitrogen and oxygen atoms in total. The first-order valence-electron chi connectivity index (χ1n) is 15.1. The van der Waals surface area contributed by atoms with Crippen LogP contribution < -0.4 is 0 Å². The van der Waals surface area contributed by atoms with Gasteiger partial charge in [-0.2, -0.15) is 0 Å². The van der Waals surface area contributed by atoms with Gasteiger partial charge >= 0.3 is 17.9 Å². The third kappa shape index (κ3) is 8.33. The fraction of sp³-hybridized carbons (Fsp3) is 0.848. The van der Waals surface area contributed by atoms with Crippen molar-refractivity contribution in [3.05, 3.63) is 12.2 Å². The number of rotatable bonds is 13. The van der Waals surface area contributed by atoms with E-state index in [9.17, 15) is 29.7 Å². The summed E-state index contributed by atoms with van der Waals surface area (Å²) in [7, 11) is 0. The highest BCUT2D eigenvalue weighted by Crippen LogP contribution is 2.59. The normalized spacial score (nSPS) is 33.6. The van der Waals surface area contributed by atoms with Gasteiger partial charge in [-0.1, -0.05) is 81.4 Å². The first-order valence-corrected chi connectivity index (χ1v) is 15.1. The van der Waals surface area contributed by atoms with Gasteiger partial charge in [0.1, 0.15) is 0 Å². The summed E-state index contributed by atoms with van der Waals surface area (Å²) in [5.41, 5.74) is -0.468. The summed E-state index contributed by atoms with van der Waals surface area (Å²) in [6.07, 6.45) is 7.86. The predicted octanol–water partition coefficient (Wildman–Crippen LogP) is 7.72. The van der Waals surface area contributed by atoms with Crippen LogP contribution in [0, 0.1) is 75.9 Å². The third-order valence-corrected chi connectivity index (χ3v) is 10.5. The van der Waals surface area contributed by atoms with E-state index in [0.29, 0.717) is 60.2 Å². The average Bonchev–Trinajstić information content (AvgIpc) is 2.76. The van der Waals surface area contributed by atoms with E-state index in [2.05, 4.69) is 53.7 Å². The van der Waals surface area contributed by atoms with Gasteiger partial charge in [0.25, 0.3) is 0 Å². The molecule has 6 heteroatoms. The quantitative estimate of drug-likeness (QED) is 0.203. The summed E-state index contributed by atoms with van der Waals surface area (Å²) in [6, 6.07) is 0. The van der Waals surface area contributed by atoms with Crippen LogP contribution in [0.15, 0.2) is 12.2 Å². The number of carboxylic acid groups (broad SMARTS) is 3. The van der Waals surface area contributed by atoms with Crippen molar-refractivity contribution in [2.45, 2.75) is 101 Å². The molecule has 39 heavy (non-hydrogen) atoms. The molecular weight excluding hydrogens is 492 g/mol. The zero-order valence-corrected chi connectivity index (χ0v) is 26.1. The molecule has 0 aromatic heterocycles. The highest BCUT2D eigenvalue weighted by atomic mass is 16.4. The van der Waals surface area contributed by atoms with E-state index in [4.69, 9.17) is 0 Å². The van der Waals surface area contributed by atoms with Gasteiger partial charge in [0.05, 0.1) is 18.3 Å². The van der Waals surface area contributed by atoms with Crippen LogP contribution in [0.2, 0.25) is 0 Å². The SMILES string of the molecule is CC(CC1C(C)C(C(C)CC(C)(C)CC(=O)O)C2C(C)C=CC(CC(C)(C)CC(C)C(=O)O)C2C1C)C(=O)O. The zero-order chi connectivity index (χ0) is 30.0. The number of fused-ring (bicyclic) bond motifs is 1. The maximum absolute atomic E-state index is 11.9. The van der Waals surface area contributed by atoms with Crippen LogP contribution in [-0.4, -0.2) is 33.2 Å². The molecular formula is C33H56O6. The van der Waals surface area contributed by atoms with Gasteiger partial charge in [-0.25, -0.2) is 0 Å². The third-order valence-electron chi connectivity index (χ3n) is 10.5. The smallest absolute Gasteiger partial charge is 0.306 e. The summed E-state index contributed by atoms with van der Waals surface area (Å²) in [6.45, 7) is 21.3. The molecule has 0 heterocycles. The van der Waals surface area contributed by atoms with E-state index in [1.54, 1.807) is 6.92 Å². The fourth-order valence-electron chi connectivity index (χ4n) is 9.13. The topological polar surface area (TPSA) is 112 Å². The molecule has 0 aliphatic heterocycles. The van der Waals surface area contributed by atoms with Crippen LogP contribution in [0.25, 0.3) is 0 Å². The lowest BCUT2D eigenvalue weighted by molar-refractivity contribution is -0.144. The molecule has 3 N–H and O–H groups in total. The lowest BCUT2D eigenvalue weighted by Crippen LogP contribution is -2.53. The number of allylic oxidation sites excluding steroid dienone is 2. The molecule has 11 atom stereocenters. The van der Waals surface area contributed by atoms with Gasteiger partial charge in [-0.15, -0.1) is 0 Å². The van der Waals surface area contributed by atoms with Crippen LogP contribution in [0.4, 0.5) is 0 Å². The van der Waals surface area contributed by atoms with Crippen LogP contribution in [0.5, 0.6) is 0 Å². The second-order valence-corrected chi connectivity index (χ2v) is 15.2. The molecule has 0 spiro atoms. The van der Waals surface area contributed by atoms with Crippen LogP contribution >= 0.6 is 0 Å². The number of hydrogen-bond donors (Lipinski definition) is 3. The molecule has 2 aliphatic rings. The molecule has 0 aromatic rings. The molecule has 2 rings (SSSR count). The Kier molecular flexibility index (Phi) is 10.9. The molecule has 11 unspecified atom stereocenters. The van der Waals surface area contributed by atoms with Crippen molar-refractivity contribution < 1.29 is 29.7 Å². The molecule has 1 saturated carbocycles. The monoisotopic (exact) mass is 548 g/mol. The van der Waals surface area contributed by atoms with Crippen molar-refractivity contribution in [2.75, 3.05) is 0 Å². The van der Waals surface area contributed by atoms with E-state index in [0.717, 1.165) is 12.8 Å². The van der Waals surface area contributed by atoms with E-state index in [-0.39, 0.29) is 23.2 Å². The first-order chi connectivity index (χ1) is 17.8. The Hall–Kier alpha value is -1.85. The Morgan fingerprint density at radius 1 is 0.769 bits per heavy atom. The minimum Gasteiger partial charge on any atom is -0.481 e. The Balaban J connectivity index is 2.51. The molecule has 2 aliphatic carbocycles. The van der Waals surface area contributed by atoms with Crippen molar-refractivity contribution in [3.63, 3.8) is 0 Å². The first kappa shape index (κ1) is 33.4. The Bertz CT molecular complexity index is 904. The highest BCUT2D eigenvalue weighted by molar-refractivity contribution is 5.69.